The number of carbonyl (C=O) groups excluding carboxylic acids is 1. The Hall–Kier alpha value is -1.51. The van der Waals surface area contributed by atoms with E-state index in [1.165, 1.54) is 0 Å². The molecular formula is C14H22N2O. The van der Waals surface area contributed by atoms with E-state index < -0.39 is 0 Å². The van der Waals surface area contributed by atoms with E-state index in [-0.39, 0.29) is 5.91 Å². The number of nitrogens with two attached hydrogens (primary N) is 1. The van der Waals surface area contributed by atoms with Crippen molar-refractivity contribution >= 4 is 11.6 Å². The number of nitrogens with zero attached hydrogens (tertiary/aromatic N) is 1. The van der Waals surface area contributed by atoms with E-state index in [1.807, 2.05) is 36.9 Å². The summed E-state index contributed by atoms with van der Waals surface area (Å²) < 4.78 is 0. The van der Waals surface area contributed by atoms with Crippen molar-refractivity contribution in [3.63, 3.8) is 0 Å². The SMILES string of the molecule is CCN(CC(C)C)C(=O)c1cccc(N)c1C. The zero-order valence-electron chi connectivity index (χ0n) is 11.2. The van der Waals surface area contributed by atoms with Crippen molar-refractivity contribution in [3.05, 3.63) is 29.3 Å². The molecule has 3 heteroatoms. The van der Waals surface area contributed by atoms with E-state index in [9.17, 15) is 4.79 Å². The molecule has 0 aliphatic heterocycles. The molecule has 0 saturated carbocycles. The average Bonchev–Trinajstić information content (AvgIpc) is 2.28. The molecule has 0 bridgehead atoms. The summed E-state index contributed by atoms with van der Waals surface area (Å²) in [6, 6.07) is 5.50. The van der Waals surface area contributed by atoms with Crippen molar-refractivity contribution in [1.29, 1.82) is 0 Å². The summed E-state index contributed by atoms with van der Waals surface area (Å²) in [4.78, 5) is 14.2. The van der Waals surface area contributed by atoms with Gasteiger partial charge in [0.05, 0.1) is 0 Å². The summed E-state index contributed by atoms with van der Waals surface area (Å²) >= 11 is 0. The quantitative estimate of drug-likeness (QED) is 0.814. The van der Waals surface area contributed by atoms with Crippen LogP contribution in [0.5, 0.6) is 0 Å². The minimum absolute atomic E-state index is 0.0750. The predicted octanol–water partition coefficient (Wildman–Crippen LogP) is 2.70. The molecule has 0 spiro atoms. The molecule has 0 heterocycles. The molecule has 0 saturated heterocycles. The zero-order chi connectivity index (χ0) is 13.0. The van der Waals surface area contributed by atoms with Crippen LogP contribution in [0.4, 0.5) is 5.69 Å². The van der Waals surface area contributed by atoms with E-state index in [1.54, 1.807) is 0 Å². The minimum atomic E-state index is 0.0750. The molecule has 0 radical (unpaired) electrons. The van der Waals surface area contributed by atoms with Crippen LogP contribution in [0.3, 0.4) is 0 Å². The highest BCUT2D eigenvalue weighted by Crippen LogP contribution is 2.17. The summed E-state index contributed by atoms with van der Waals surface area (Å²) in [6.07, 6.45) is 0. The highest BCUT2D eigenvalue weighted by Gasteiger charge is 2.17. The normalized spacial score (nSPS) is 10.6. The van der Waals surface area contributed by atoms with Crippen LogP contribution < -0.4 is 5.73 Å². The average molecular weight is 234 g/mol. The second kappa shape index (κ2) is 5.71. The first-order chi connectivity index (χ1) is 7.97. The Balaban J connectivity index is 2.98. The van der Waals surface area contributed by atoms with Gasteiger partial charge in [0, 0.05) is 24.3 Å². The number of carbonyl (C=O) groups is 1. The molecule has 0 aliphatic rings. The summed E-state index contributed by atoms with van der Waals surface area (Å²) in [6.45, 7) is 9.63. The third-order valence-corrected chi connectivity index (χ3v) is 2.86. The van der Waals surface area contributed by atoms with Gasteiger partial charge in [0.25, 0.3) is 5.91 Å². The van der Waals surface area contributed by atoms with E-state index in [0.29, 0.717) is 17.2 Å². The van der Waals surface area contributed by atoms with Gasteiger partial charge in [0.1, 0.15) is 0 Å². The molecule has 0 aromatic heterocycles. The minimum Gasteiger partial charge on any atom is -0.398 e. The molecule has 0 fully saturated rings. The van der Waals surface area contributed by atoms with Gasteiger partial charge in [-0.2, -0.15) is 0 Å². The largest absolute Gasteiger partial charge is 0.398 e. The molecule has 0 unspecified atom stereocenters. The molecule has 1 aromatic rings. The lowest BCUT2D eigenvalue weighted by molar-refractivity contribution is 0.0745. The maximum absolute atomic E-state index is 12.4. The Bertz CT molecular complexity index is 399. The fourth-order valence-electron chi connectivity index (χ4n) is 1.85. The number of nitrogen functional groups attached to an aromatic ring is 1. The summed E-state index contributed by atoms with van der Waals surface area (Å²) in [5.41, 5.74) is 8.10. The third kappa shape index (κ3) is 3.22. The van der Waals surface area contributed by atoms with Crippen LogP contribution in [0.2, 0.25) is 0 Å². The van der Waals surface area contributed by atoms with Crippen molar-refractivity contribution in [2.75, 3.05) is 18.8 Å². The lowest BCUT2D eigenvalue weighted by Gasteiger charge is -2.24. The molecular weight excluding hydrogens is 212 g/mol. The van der Waals surface area contributed by atoms with Gasteiger partial charge in [0.15, 0.2) is 0 Å². The fourth-order valence-corrected chi connectivity index (χ4v) is 1.85. The molecule has 1 aromatic carbocycles. The van der Waals surface area contributed by atoms with Gasteiger partial charge in [-0.25, -0.2) is 0 Å². The maximum Gasteiger partial charge on any atom is 0.254 e. The molecule has 1 rings (SSSR count). The molecule has 17 heavy (non-hydrogen) atoms. The van der Waals surface area contributed by atoms with E-state index >= 15 is 0 Å². The van der Waals surface area contributed by atoms with Crippen LogP contribution >= 0.6 is 0 Å². The van der Waals surface area contributed by atoms with Crippen molar-refractivity contribution in [2.45, 2.75) is 27.7 Å². The number of hydrogen-bond acceptors (Lipinski definition) is 2. The Morgan fingerprint density at radius 2 is 2.06 bits per heavy atom. The van der Waals surface area contributed by atoms with E-state index in [4.69, 9.17) is 5.73 Å². The van der Waals surface area contributed by atoms with E-state index in [2.05, 4.69) is 13.8 Å². The van der Waals surface area contributed by atoms with E-state index in [0.717, 1.165) is 18.7 Å². The first-order valence-electron chi connectivity index (χ1n) is 6.11. The molecule has 3 nitrogen and oxygen atoms in total. The third-order valence-electron chi connectivity index (χ3n) is 2.86. The monoisotopic (exact) mass is 234 g/mol. The first kappa shape index (κ1) is 13.6. The van der Waals surface area contributed by atoms with Gasteiger partial charge in [0.2, 0.25) is 0 Å². The highest BCUT2D eigenvalue weighted by atomic mass is 16.2. The lowest BCUT2D eigenvalue weighted by Crippen LogP contribution is -2.34. The van der Waals surface area contributed by atoms with Gasteiger partial charge < -0.3 is 10.6 Å². The Morgan fingerprint density at radius 3 is 2.59 bits per heavy atom. The van der Waals surface area contributed by atoms with Crippen LogP contribution in [0.25, 0.3) is 0 Å². The molecule has 0 atom stereocenters. The van der Waals surface area contributed by atoms with Gasteiger partial charge >= 0.3 is 0 Å². The van der Waals surface area contributed by atoms with Crippen molar-refractivity contribution in [3.8, 4) is 0 Å². The summed E-state index contributed by atoms with van der Waals surface area (Å²) in [7, 11) is 0. The van der Waals surface area contributed by atoms with Crippen LogP contribution in [0, 0.1) is 12.8 Å². The van der Waals surface area contributed by atoms with Crippen molar-refractivity contribution in [2.24, 2.45) is 5.92 Å². The second-order valence-corrected chi connectivity index (χ2v) is 4.76. The number of rotatable bonds is 4. The van der Waals surface area contributed by atoms with Crippen molar-refractivity contribution in [1.82, 2.24) is 4.90 Å². The molecule has 1 amide bonds. The number of benzene rings is 1. The van der Waals surface area contributed by atoms with Crippen molar-refractivity contribution < 1.29 is 4.79 Å². The highest BCUT2D eigenvalue weighted by molar-refractivity contribution is 5.96. The topological polar surface area (TPSA) is 46.3 Å². The lowest BCUT2D eigenvalue weighted by atomic mass is 10.1. The standard InChI is InChI=1S/C14H22N2O/c1-5-16(9-10(2)3)14(17)12-7-6-8-13(15)11(12)4/h6-8,10H,5,9,15H2,1-4H3. The Labute approximate surface area is 104 Å². The summed E-state index contributed by atoms with van der Waals surface area (Å²) in [5.74, 6) is 0.547. The molecule has 94 valence electrons. The second-order valence-electron chi connectivity index (χ2n) is 4.76. The van der Waals surface area contributed by atoms with Crippen LogP contribution in [-0.2, 0) is 0 Å². The van der Waals surface area contributed by atoms with Crippen LogP contribution in [0.15, 0.2) is 18.2 Å². The fraction of sp³-hybridized carbons (Fsp3) is 0.500. The molecule has 2 N–H and O–H groups in total. The van der Waals surface area contributed by atoms with Crippen LogP contribution in [0.1, 0.15) is 36.7 Å². The first-order valence-corrected chi connectivity index (χ1v) is 6.11. The van der Waals surface area contributed by atoms with Crippen LogP contribution in [-0.4, -0.2) is 23.9 Å². The Morgan fingerprint density at radius 1 is 1.41 bits per heavy atom. The zero-order valence-corrected chi connectivity index (χ0v) is 11.2. The number of amides is 1. The Kier molecular flexibility index (Phi) is 4.55. The predicted molar refractivity (Wildman–Crippen MR) is 72.0 cm³/mol. The van der Waals surface area contributed by atoms with Gasteiger partial charge in [-0.1, -0.05) is 19.9 Å². The number of anilines is 1. The van der Waals surface area contributed by atoms with Gasteiger partial charge in [-0.3, -0.25) is 4.79 Å². The maximum atomic E-state index is 12.4. The number of hydrogen-bond donors (Lipinski definition) is 1. The van der Waals surface area contributed by atoms with Gasteiger partial charge in [-0.15, -0.1) is 0 Å². The molecule has 0 aliphatic carbocycles. The van der Waals surface area contributed by atoms with Gasteiger partial charge in [-0.05, 0) is 37.5 Å². The summed E-state index contributed by atoms with van der Waals surface area (Å²) in [5, 5.41) is 0. The smallest absolute Gasteiger partial charge is 0.254 e.